The van der Waals surface area contributed by atoms with Crippen molar-refractivity contribution in [2.75, 3.05) is 0 Å². The molecule has 146 valence electrons. The molecule has 0 aromatic heterocycles. The van der Waals surface area contributed by atoms with E-state index in [1.54, 1.807) is 11.8 Å². The Morgan fingerprint density at radius 2 is 1.43 bits per heavy atom. The van der Waals surface area contributed by atoms with Crippen molar-refractivity contribution in [3.8, 4) is 11.8 Å². The van der Waals surface area contributed by atoms with Crippen LogP contribution in [0.5, 0.6) is 0 Å². The summed E-state index contributed by atoms with van der Waals surface area (Å²) in [4.78, 5) is 12.8. The Bertz CT molecular complexity index is 1190. The molecule has 0 N–H and O–H groups in total. The lowest BCUT2D eigenvalue weighted by atomic mass is 10.1. The van der Waals surface area contributed by atoms with Crippen molar-refractivity contribution in [1.29, 1.82) is 0 Å². The standard InChI is InChI=1S/C28H22OS/c29-28(25-12-5-2-6-13-25)20-27(30-21-23-9-3-1-4-10-23)18-16-22-15-17-24-11-7-8-14-26(24)19-22/h1-15,17,19,27H,20-21H2/t27-/m1/s1. The molecule has 0 amide bonds. The smallest absolute Gasteiger partial charge is 0.164 e. The van der Waals surface area contributed by atoms with Crippen LogP contribution in [0.2, 0.25) is 0 Å². The van der Waals surface area contributed by atoms with E-state index in [1.807, 2.05) is 66.7 Å². The van der Waals surface area contributed by atoms with Gasteiger partial charge in [0.15, 0.2) is 5.78 Å². The number of fused-ring (bicyclic) bond motifs is 1. The van der Waals surface area contributed by atoms with E-state index in [9.17, 15) is 4.79 Å². The Kier molecular flexibility index (Phi) is 6.65. The molecule has 0 saturated carbocycles. The molecule has 0 unspecified atom stereocenters. The van der Waals surface area contributed by atoms with Crippen molar-refractivity contribution in [2.24, 2.45) is 0 Å². The van der Waals surface area contributed by atoms with Gasteiger partial charge in [0.1, 0.15) is 0 Å². The van der Waals surface area contributed by atoms with Crippen LogP contribution in [0.25, 0.3) is 10.8 Å². The van der Waals surface area contributed by atoms with Gasteiger partial charge < -0.3 is 0 Å². The minimum atomic E-state index is -0.0654. The molecular formula is C28H22OS. The van der Waals surface area contributed by atoms with Crippen LogP contribution in [-0.4, -0.2) is 11.0 Å². The first-order valence-corrected chi connectivity index (χ1v) is 11.1. The average molecular weight is 407 g/mol. The summed E-state index contributed by atoms with van der Waals surface area (Å²) in [6.45, 7) is 0. The van der Waals surface area contributed by atoms with Gasteiger partial charge >= 0.3 is 0 Å². The molecule has 1 nitrogen and oxygen atoms in total. The zero-order valence-corrected chi connectivity index (χ0v) is 17.4. The minimum Gasteiger partial charge on any atom is -0.294 e. The van der Waals surface area contributed by atoms with E-state index in [2.05, 4.69) is 48.2 Å². The second-order valence-electron chi connectivity index (χ2n) is 7.11. The van der Waals surface area contributed by atoms with Gasteiger partial charge in [-0.3, -0.25) is 4.79 Å². The molecule has 0 aliphatic rings. The fraction of sp³-hybridized carbons (Fsp3) is 0.107. The number of thioether (sulfide) groups is 1. The lowest BCUT2D eigenvalue weighted by molar-refractivity contribution is 0.0986. The quantitative estimate of drug-likeness (QED) is 0.260. The number of carbonyl (C=O) groups excluding carboxylic acids is 1. The fourth-order valence-electron chi connectivity index (χ4n) is 3.26. The van der Waals surface area contributed by atoms with E-state index in [0.29, 0.717) is 6.42 Å². The summed E-state index contributed by atoms with van der Waals surface area (Å²) in [5.41, 5.74) is 2.97. The van der Waals surface area contributed by atoms with Gasteiger partial charge in [0.05, 0.1) is 5.25 Å². The molecule has 1 atom stereocenters. The second kappa shape index (κ2) is 9.96. The maximum Gasteiger partial charge on any atom is 0.164 e. The molecule has 4 rings (SSSR count). The lowest BCUT2D eigenvalue weighted by Crippen LogP contribution is -2.09. The third-order valence-electron chi connectivity index (χ3n) is 4.89. The van der Waals surface area contributed by atoms with Crippen LogP contribution < -0.4 is 0 Å². The summed E-state index contributed by atoms with van der Waals surface area (Å²) < 4.78 is 0. The van der Waals surface area contributed by atoms with Crippen molar-refractivity contribution < 1.29 is 4.79 Å². The summed E-state index contributed by atoms with van der Waals surface area (Å²) in [5, 5.41) is 2.32. The van der Waals surface area contributed by atoms with Gasteiger partial charge in [-0.15, -0.1) is 11.8 Å². The van der Waals surface area contributed by atoms with Crippen LogP contribution in [0.15, 0.2) is 103 Å². The van der Waals surface area contributed by atoms with Gasteiger partial charge in [0.25, 0.3) is 0 Å². The highest BCUT2D eigenvalue weighted by Crippen LogP contribution is 2.22. The highest BCUT2D eigenvalue weighted by atomic mass is 32.2. The van der Waals surface area contributed by atoms with Crippen molar-refractivity contribution >= 4 is 28.3 Å². The zero-order chi connectivity index (χ0) is 20.6. The van der Waals surface area contributed by atoms with Crippen molar-refractivity contribution in [3.05, 3.63) is 120 Å². The normalized spacial score (nSPS) is 11.5. The highest BCUT2D eigenvalue weighted by Gasteiger charge is 2.14. The van der Waals surface area contributed by atoms with Crippen LogP contribution in [0, 0.1) is 11.8 Å². The molecule has 0 bridgehead atoms. The Balaban J connectivity index is 1.54. The summed E-state index contributed by atoms with van der Waals surface area (Å²) in [6, 6.07) is 34.3. The van der Waals surface area contributed by atoms with Crippen LogP contribution in [0.4, 0.5) is 0 Å². The monoisotopic (exact) mass is 406 g/mol. The molecule has 0 fully saturated rings. The zero-order valence-electron chi connectivity index (χ0n) is 16.6. The van der Waals surface area contributed by atoms with E-state index in [1.165, 1.54) is 16.3 Å². The lowest BCUT2D eigenvalue weighted by Gasteiger charge is -2.10. The molecule has 0 aliphatic carbocycles. The van der Waals surface area contributed by atoms with E-state index < -0.39 is 0 Å². The third kappa shape index (κ3) is 5.41. The number of benzene rings is 4. The number of hydrogen-bond donors (Lipinski definition) is 0. The number of ketones is 1. The van der Waals surface area contributed by atoms with Crippen molar-refractivity contribution in [1.82, 2.24) is 0 Å². The molecule has 0 heterocycles. The van der Waals surface area contributed by atoms with Crippen LogP contribution >= 0.6 is 11.8 Å². The van der Waals surface area contributed by atoms with Gasteiger partial charge in [0, 0.05) is 23.3 Å². The van der Waals surface area contributed by atoms with Crippen LogP contribution in [0.1, 0.15) is 27.9 Å². The van der Waals surface area contributed by atoms with Crippen LogP contribution in [-0.2, 0) is 5.75 Å². The molecule has 30 heavy (non-hydrogen) atoms. The van der Waals surface area contributed by atoms with Gasteiger partial charge in [0.2, 0.25) is 0 Å². The topological polar surface area (TPSA) is 17.1 Å². The first kappa shape index (κ1) is 20.0. The largest absolute Gasteiger partial charge is 0.294 e. The maximum absolute atomic E-state index is 12.8. The van der Waals surface area contributed by atoms with Crippen LogP contribution in [0.3, 0.4) is 0 Å². The van der Waals surface area contributed by atoms with E-state index in [4.69, 9.17) is 0 Å². The van der Waals surface area contributed by atoms with Gasteiger partial charge in [-0.2, -0.15) is 0 Å². The molecule has 4 aromatic rings. The number of rotatable bonds is 6. The number of hydrogen-bond acceptors (Lipinski definition) is 2. The molecule has 0 aliphatic heterocycles. The molecule has 0 radical (unpaired) electrons. The summed E-state index contributed by atoms with van der Waals surface area (Å²) in [6.07, 6.45) is 0.405. The predicted molar refractivity (Wildman–Crippen MR) is 128 cm³/mol. The Morgan fingerprint density at radius 1 is 0.767 bits per heavy atom. The average Bonchev–Trinajstić information content (AvgIpc) is 2.82. The third-order valence-corrected chi connectivity index (χ3v) is 6.07. The Labute approximate surface area is 182 Å². The second-order valence-corrected chi connectivity index (χ2v) is 8.30. The maximum atomic E-state index is 12.8. The Hall–Kier alpha value is -3.28. The summed E-state index contributed by atoms with van der Waals surface area (Å²) >= 11 is 1.73. The van der Waals surface area contributed by atoms with E-state index in [0.717, 1.165) is 16.9 Å². The minimum absolute atomic E-state index is 0.0654. The first-order valence-electron chi connectivity index (χ1n) is 10.0. The molecule has 0 spiro atoms. The van der Waals surface area contributed by atoms with Gasteiger partial charge in [-0.1, -0.05) is 103 Å². The highest BCUT2D eigenvalue weighted by molar-refractivity contribution is 7.99. The van der Waals surface area contributed by atoms with Gasteiger partial charge in [-0.25, -0.2) is 0 Å². The van der Waals surface area contributed by atoms with E-state index in [-0.39, 0.29) is 11.0 Å². The molecule has 2 heteroatoms. The predicted octanol–water partition coefficient (Wildman–Crippen LogP) is 6.77. The number of Topliss-reactive ketones (excluding diaryl/α,β-unsaturated/α-hetero) is 1. The van der Waals surface area contributed by atoms with E-state index >= 15 is 0 Å². The molecule has 0 saturated heterocycles. The molecule has 4 aromatic carbocycles. The summed E-state index contributed by atoms with van der Waals surface area (Å²) in [5.74, 6) is 7.64. The van der Waals surface area contributed by atoms with Crippen molar-refractivity contribution in [2.45, 2.75) is 17.4 Å². The Morgan fingerprint density at radius 3 is 2.20 bits per heavy atom. The first-order chi connectivity index (χ1) is 14.8. The molecular weight excluding hydrogens is 384 g/mol. The fourth-order valence-corrected chi connectivity index (χ4v) is 4.26. The number of carbonyl (C=O) groups is 1. The summed E-state index contributed by atoms with van der Waals surface area (Å²) in [7, 11) is 0. The SMILES string of the molecule is O=C(C[C@@H](C#Cc1ccc2ccccc2c1)SCc1ccccc1)c1ccccc1. The van der Waals surface area contributed by atoms with Gasteiger partial charge in [-0.05, 0) is 28.5 Å². The van der Waals surface area contributed by atoms with Crippen molar-refractivity contribution in [3.63, 3.8) is 0 Å².